The van der Waals surface area contributed by atoms with Crippen LogP contribution in [-0.4, -0.2) is 47.4 Å². The third-order valence-corrected chi connectivity index (χ3v) is 3.73. The maximum absolute atomic E-state index is 10.6. The van der Waals surface area contributed by atoms with Gasteiger partial charge in [0.25, 0.3) is 0 Å². The minimum Gasteiger partial charge on any atom is -0.386 e. The largest absolute Gasteiger partial charge is 0.386 e. The zero-order valence-corrected chi connectivity index (χ0v) is 9.91. The van der Waals surface area contributed by atoms with Crippen molar-refractivity contribution in [1.29, 1.82) is 0 Å². The van der Waals surface area contributed by atoms with Gasteiger partial charge in [-0.1, -0.05) is 6.42 Å². The van der Waals surface area contributed by atoms with Crippen LogP contribution < -0.4 is 0 Å². The van der Waals surface area contributed by atoms with Crippen LogP contribution in [0.4, 0.5) is 0 Å². The van der Waals surface area contributed by atoms with Crippen molar-refractivity contribution in [2.24, 2.45) is 0 Å². The van der Waals surface area contributed by atoms with Crippen molar-refractivity contribution in [2.45, 2.75) is 57.3 Å². The molecule has 88 valence electrons. The number of piperidine rings is 1. The molecule has 2 aliphatic rings. The van der Waals surface area contributed by atoms with Crippen LogP contribution in [0.25, 0.3) is 0 Å². The van der Waals surface area contributed by atoms with Crippen LogP contribution in [0.3, 0.4) is 0 Å². The van der Waals surface area contributed by atoms with Crippen molar-refractivity contribution >= 4 is 0 Å². The second-order valence-corrected chi connectivity index (χ2v) is 5.26. The van der Waals surface area contributed by atoms with Gasteiger partial charge in [0.15, 0.2) is 0 Å². The maximum atomic E-state index is 10.6. The molecule has 2 unspecified atom stereocenters. The first-order valence-corrected chi connectivity index (χ1v) is 6.20. The van der Waals surface area contributed by atoms with Gasteiger partial charge in [-0.3, -0.25) is 4.90 Å². The fourth-order valence-electron chi connectivity index (χ4n) is 2.85. The van der Waals surface area contributed by atoms with Crippen LogP contribution in [0.5, 0.6) is 0 Å². The number of hydrogen-bond donors (Lipinski definition) is 1. The third-order valence-electron chi connectivity index (χ3n) is 3.73. The van der Waals surface area contributed by atoms with Crippen molar-refractivity contribution in [2.75, 3.05) is 19.7 Å². The highest BCUT2D eigenvalue weighted by Crippen LogP contribution is 2.35. The van der Waals surface area contributed by atoms with E-state index in [0.717, 1.165) is 25.9 Å². The van der Waals surface area contributed by atoms with Crippen LogP contribution >= 0.6 is 0 Å². The topological polar surface area (TPSA) is 32.7 Å². The predicted molar refractivity (Wildman–Crippen MR) is 59.9 cm³/mol. The van der Waals surface area contributed by atoms with Crippen molar-refractivity contribution in [3.63, 3.8) is 0 Å². The summed E-state index contributed by atoms with van der Waals surface area (Å²) in [5.41, 5.74) is -0.579. The lowest BCUT2D eigenvalue weighted by Gasteiger charge is -2.37. The first-order chi connectivity index (χ1) is 7.12. The highest BCUT2D eigenvalue weighted by molar-refractivity contribution is 5.01. The van der Waals surface area contributed by atoms with Crippen molar-refractivity contribution in [3.05, 3.63) is 0 Å². The van der Waals surface area contributed by atoms with Crippen LogP contribution in [0.15, 0.2) is 0 Å². The van der Waals surface area contributed by atoms with Crippen LogP contribution in [0, 0.1) is 0 Å². The Hall–Kier alpha value is -0.120. The molecule has 0 aromatic carbocycles. The molecule has 2 heterocycles. The van der Waals surface area contributed by atoms with E-state index in [1.54, 1.807) is 0 Å². The molecule has 0 aromatic heterocycles. The van der Waals surface area contributed by atoms with E-state index < -0.39 is 5.60 Å². The number of ether oxygens (including phenoxy) is 1. The minimum absolute atomic E-state index is 0.215. The van der Waals surface area contributed by atoms with Gasteiger partial charge in [0.1, 0.15) is 5.60 Å². The molecule has 3 nitrogen and oxygen atoms in total. The van der Waals surface area contributed by atoms with E-state index in [0.29, 0.717) is 12.6 Å². The summed E-state index contributed by atoms with van der Waals surface area (Å²) in [6, 6.07) is 0.352. The summed E-state index contributed by atoms with van der Waals surface area (Å²) in [7, 11) is 0. The van der Waals surface area contributed by atoms with Crippen LogP contribution in [0.1, 0.15) is 39.5 Å². The monoisotopic (exact) mass is 213 g/mol. The predicted octanol–water partition coefficient (Wildman–Crippen LogP) is 1.40. The van der Waals surface area contributed by atoms with Gasteiger partial charge >= 0.3 is 0 Å². The van der Waals surface area contributed by atoms with E-state index in [4.69, 9.17) is 4.74 Å². The summed E-state index contributed by atoms with van der Waals surface area (Å²) >= 11 is 0. The van der Waals surface area contributed by atoms with E-state index >= 15 is 0 Å². The standard InChI is InChI=1S/C12H23NO2/c1-10(2)15-9-12(14)6-8-13-7-4-3-5-11(12)13/h10-11,14H,3-9H2,1-2H3. The molecule has 0 aliphatic carbocycles. The van der Waals surface area contributed by atoms with Crippen molar-refractivity contribution in [3.8, 4) is 0 Å². The summed E-state index contributed by atoms with van der Waals surface area (Å²) in [6.45, 7) is 6.76. The highest BCUT2D eigenvalue weighted by Gasteiger charge is 2.46. The molecule has 0 bridgehead atoms. The van der Waals surface area contributed by atoms with Gasteiger partial charge in [0.2, 0.25) is 0 Å². The number of fused-ring (bicyclic) bond motifs is 1. The second-order valence-electron chi connectivity index (χ2n) is 5.26. The Morgan fingerprint density at radius 3 is 2.93 bits per heavy atom. The molecule has 0 saturated carbocycles. The van der Waals surface area contributed by atoms with Crippen molar-refractivity contribution in [1.82, 2.24) is 4.90 Å². The number of aliphatic hydroxyl groups is 1. The molecule has 1 N–H and O–H groups in total. The summed E-state index contributed by atoms with van der Waals surface area (Å²) in [5, 5.41) is 10.6. The van der Waals surface area contributed by atoms with Gasteiger partial charge in [-0.25, -0.2) is 0 Å². The molecule has 2 fully saturated rings. The molecule has 2 saturated heterocycles. The quantitative estimate of drug-likeness (QED) is 0.769. The fraction of sp³-hybridized carbons (Fsp3) is 1.00. The van der Waals surface area contributed by atoms with Gasteiger partial charge in [0.05, 0.1) is 12.7 Å². The molecule has 0 amide bonds. The summed E-state index contributed by atoms with van der Waals surface area (Å²) in [4.78, 5) is 2.44. The SMILES string of the molecule is CC(C)OCC1(O)CCN2CCCCC21. The first-order valence-electron chi connectivity index (χ1n) is 6.20. The van der Waals surface area contributed by atoms with Crippen LogP contribution in [0.2, 0.25) is 0 Å². The molecule has 3 heteroatoms. The fourth-order valence-corrected chi connectivity index (χ4v) is 2.85. The Morgan fingerprint density at radius 1 is 1.40 bits per heavy atom. The summed E-state index contributed by atoms with van der Waals surface area (Å²) in [6.07, 6.45) is 4.78. The van der Waals surface area contributed by atoms with E-state index in [1.807, 2.05) is 13.8 Å². The molecule has 0 radical (unpaired) electrons. The van der Waals surface area contributed by atoms with Gasteiger partial charge in [-0.05, 0) is 39.7 Å². The summed E-state index contributed by atoms with van der Waals surface area (Å²) in [5.74, 6) is 0. The smallest absolute Gasteiger partial charge is 0.105 e. The van der Waals surface area contributed by atoms with Gasteiger partial charge < -0.3 is 9.84 Å². The molecule has 0 aromatic rings. The average Bonchev–Trinajstić information content (AvgIpc) is 2.56. The zero-order chi connectivity index (χ0) is 10.9. The molecule has 2 atom stereocenters. The molecule has 0 spiro atoms. The number of hydrogen-bond acceptors (Lipinski definition) is 3. The van der Waals surface area contributed by atoms with Gasteiger partial charge in [0, 0.05) is 12.6 Å². The van der Waals surface area contributed by atoms with Crippen LogP contribution in [-0.2, 0) is 4.74 Å². The minimum atomic E-state index is -0.579. The lowest BCUT2D eigenvalue weighted by Crippen LogP contribution is -2.50. The average molecular weight is 213 g/mol. The number of nitrogens with zero attached hydrogens (tertiary/aromatic N) is 1. The first kappa shape index (κ1) is 11.4. The Kier molecular flexibility index (Phi) is 3.33. The van der Waals surface area contributed by atoms with Crippen molar-refractivity contribution < 1.29 is 9.84 Å². The second kappa shape index (κ2) is 4.40. The van der Waals surface area contributed by atoms with E-state index in [-0.39, 0.29) is 6.10 Å². The Bertz CT molecular complexity index is 220. The molecule has 2 rings (SSSR count). The normalized spacial score (nSPS) is 37.2. The molecule has 15 heavy (non-hydrogen) atoms. The lowest BCUT2D eigenvalue weighted by atomic mass is 9.89. The Labute approximate surface area is 92.4 Å². The molecular formula is C12H23NO2. The maximum Gasteiger partial charge on any atom is 0.105 e. The Morgan fingerprint density at radius 2 is 2.20 bits per heavy atom. The molecular weight excluding hydrogens is 190 g/mol. The zero-order valence-electron chi connectivity index (χ0n) is 9.91. The van der Waals surface area contributed by atoms with E-state index in [2.05, 4.69) is 4.90 Å². The highest BCUT2D eigenvalue weighted by atomic mass is 16.5. The Balaban J connectivity index is 1.95. The van der Waals surface area contributed by atoms with Gasteiger partial charge in [-0.15, -0.1) is 0 Å². The van der Waals surface area contributed by atoms with Gasteiger partial charge in [-0.2, -0.15) is 0 Å². The molecule has 2 aliphatic heterocycles. The van der Waals surface area contributed by atoms with E-state index in [1.165, 1.54) is 12.8 Å². The van der Waals surface area contributed by atoms with E-state index in [9.17, 15) is 5.11 Å². The third kappa shape index (κ3) is 2.35. The lowest BCUT2D eigenvalue weighted by molar-refractivity contribution is -0.0870. The number of rotatable bonds is 3. The summed E-state index contributed by atoms with van der Waals surface area (Å²) < 4.78 is 5.60.